The van der Waals surface area contributed by atoms with Crippen molar-refractivity contribution >= 4 is 23.0 Å². The summed E-state index contributed by atoms with van der Waals surface area (Å²) in [4.78, 5) is 0. The lowest BCUT2D eigenvalue weighted by atomic mass is 10.1. The minimum Gasteiger partial charge on any atom is -0.497 e. The summed E-state index contributed by atoms with van der Waals surface area (Å²) in [6.45, 7) is 0.363. The van der Waals surface area contributed by atoms with E-state index in [1.54, 1.807) is 14.2 Å². The Balaban J connectivity index is 2.88. The number of thiocarbonyl (C=S) groups is 1. The number of ether oxygens (including phenoxy) is 2. The molecule has 92 valence electrons. The molecule has 0 radical (unpaired) electrons. The molecule has 1 aromatic rings. The molecule has 0 aliphatic carbocycles. The van der Waals surface area contributed by atoms with Gasteiger partial charge in [0.2, 0.25) is 0 Å². The number of hydrogen-bond donors (Lipinski definition) is 2. The molecule has 0 aliphatic rings. The maximum atomic E-state index is 5.31. The molecule has 0 aliphatic heterocycles. The number of hydrogen-bond acceptors (Lipinski definition) is 4. The largest absolute Gasteiger partial charge is 0.497 e. The topological polar surface area (TPSA) is 68.9 Å². The molecule has 0 heterocycles. The lowest BCUT2D eigenvalue weighted by molar-refractivity contribution is 0.245. The number of methoxy groups -OCH3 is 2. The molecule has 0 atom stereocenters. The van der Waals surface area contributed by atoms with Gasteiger partial charge in [0.1, 0.15) is 5.75 Å². The van der Waals surface area contributed by atoms with Crippen LogP contribution in [0.1, 0.15) is 5.56 Å². The maximum Gasteiger partial charge on any atom is 0.184 e. The smallest absolute Gasteiger partial charge is 0.184 e. The molecule has 0 saturated carbocycles. The van der Waals surface area contributed by atoms with Gasteiger partial charge in [0.15, 0.2) is 5.11 Å². The third-order valence-corrected chi connectivity index (χ3v) is 2.10. The molecule has 6 heteroatoms. The van der Waals surface area contributed by atoms with Gasteiger partial charge in [-0.2, -0.15) is 5.10 Å². The van der Waals surface area contributed by atoms with E-state index in [9.17, 15) is 0 Å². The first kappa shape index (κ1) is 13.4. The molecule has 17 heavy (non-hydrogen) atoms. The van der Waals surface area contributed by atoms with Crippen molar-refractivity contribution in [3.8, 4) is 5.75 Å². The molecule has 1 rings (SSSR count). The Labute approximate surface area is 106 Å². The summed E-state index contributed by atoms with van der Waals surface area (Å²) in [5, 5.41) is 4.19. The van der Waals surface area contributed by atoms with Crippen LogP contribution in [0.3, 0.4) is 0 Å². The summed E-state index contributed by atoms with van der Waals surface area (Å²) < 4.78 is 10.1. The third-order valence-electron chi connectivity index (χ3n) is 2.01. The molecule has 1 aromatic carbocycles. The second-order valence-electron chi connectivity index (χ2n) is 3.20. The summed E-state index contributed by atoms with van der Waals surface area (Å²) in [5.74, 6) is 0.785. The number of nitrogens with two attached hydrogens (primary N) is 1. The molecule has 0 amide bonds. The van der Waals surface area contributed by atoms with E-state index in [0.29, 0.717) is 12.3 Å². The summed E-state index contributed by atoms with van der Waals surface area (Å²) in [6, 6.07) is 7.47. The third kappa shape index (κ3) is 4.38. The highest BCUT2D eigenvalue weighted by Crippen LogP contribution is 2.12. The van der Waals surface area contributed by atoms with E-state index in [4.69, 9.17) is 15.2 Å². The average molecular weight is 253 g/mol. The Morgan fingerprint density at radius 3 is 2.47 bits per heavy atom. The summed E-state index contributed by atoms with van der Waals surface area (Å²) >= 11 is 4.69. The molecule has 0 bridgehead atoms. The molecule has 0 unspecified atom stereocenters. The first-order valence-electron chi connectivity index (χ1n) is 4.92. The predicted molar refractivity (Wildman–Crippen MR) is 71.3 cm³/mol. The highest BCUT2D eigenvalue weighted by molar-refractivity contribution is 7.80. The van der Waals surface area contributed by atoms with Gasteiger partial charge in [-0.15, -0.1) is 0 Å². The summed E-state index contributed by atoms with van der Waals surface area (Å²) in [7, 11) is 3.22. The van der Waals surface area contributed by atoms with Crippen LogP contribution in [0.25, 0.3) is 0 Å². The standard InChI is InChI=1S/C11H15N3O2S/c1-15-7-10(13-14-11(12)17)8-3-5-9(16-2)6-4-8/h3-6H,7H2,1-2H3,(H3,12,14,17). The number of benzene rings is 1. The molecule has 3 N–H and O–H groups in total. The Morgan fingerprint density at radius 1 is 1.35 bits per heavy atom. The second-order valence-corrected chi connectivity index (χ2v) is 3.64. The van der Waals surface area contributed by atoms with Gasteiger partial charge in [-0.05, 0) is 36.5 Å². The quantitative estimate of drug-likeness (QED) is 0.463. The minimum absolute atomic E-state index is 0.118. The second kappa shape index (κ2) is 6.82. The normalized spacial score (nSPS) is 11.1. The van der Waals surface area contributed by atoms with Crippen LogP contribution in [-0.2, 0) is 4.74 Å². The van der Waals surface area contributed by atoms with E-state index < -0.39 is 0 Å². The van der Waals surface area contributed by atoms with E-state index in [2.05, 4.69) is 22.7 Å². The van der Waals surface area contributed by atoms with Crippen LogP contribution in [0.2, 0.25) is 0 Å². The predicted octanol–water partition coefficient (Wildman–Crippen LogP) is 0.879. The van der Waals surface area contributed by atoms with Crippen molar-refractivity contribution in [2.45, 2.75) is 0 Å². The van der Waals surface area contributed by atoms with E-state index >= 15 is 0 Å². The summed E-state index contributed by atoms with van der Waals surface area (Å²) in [5.41, 5.74) is 9.48. The van der Waals surface area contributed by atoms with E-state index in [1.807, 2.05) is 24.3 Å². The van der Waals surface area contributed by atoms with Crippen LogP contribution in [0, 0.1) is 0 Å². The minimum atomic E-state index is 0.118. The average Bonchev–Trinajstić information content (AvgIpc) is 2.34. The van der Waals surface area contributed by atoms with Crippen LogP contribution in [-0.4, -0.2) is 31.7 Å². The van der Waals surface area contributed by atoms with Crippen molar-refractivity contribution in [3.63, 3.8) is 0 Å². The SMILES string of the molecule is COCC(=NNC(N)=S)c1ccc(OC)cc1. The lowest BCUT2D eigenvalue weighted by Crippen LogP contribution is -2.26. The van der Waals surface area contributed by atoms with E-state index in [1.165, 1.54) is 0 Å². The Bertz CT molecular complexity index is 404. The van der Waals surface area contributed by atoms with Gasteiger partial charge in [-0.25, -0.2) is 0 Å². The number of hydrazone groups is 1. The van der Waals surface area contributed by atoms with Gasteiger partial charge in [0.05, 0.1) is 19.4 Å². The van der Waals surface area contributed by atoms with Gasteiger partial charge in [0, 0.05) is 12.7 Å². The van der Waals surface area contributed by atoms with Crippen molar-refractivity contribution in [1.29, 1.82) is 0 Å². The molecule has 5 nitrogen and oxygen atoms in total. The van der Waals surface area contributed by atoms with Gasteiger partial charge in [-0.3, -0.25) is 5.43 Å². The number of nitrogens with one attached hydrogen (secondary N) is 1. The molecule has 0 fully saturated rings. The fourth-order valence-corrected chi connectivity index (χ4v) is 1.27. The van der Waals surface area contributed by atoms with Crippen molar-refractivity contribution in [2.75, 3.05) is 20.8 Å². The van der Waals surface area contributed by atoms with Gasteiger partial charge in [0.25, 0.3) is 0 Å². The zero-order valence-electron chi connectivity index (χ0n) is 9.77. The van der Waals surface area contributed by atoms with Gasteiger partial charge in [-0.1, -0.05) is 0 Å². The molecule has 0 saturated heterocycles. The molecule has 0 aromatic heterocycles. The van der Waals surface area contributed by atoms with Gasteiger partial charge >= 0.3 is 0 Å². The maximum absolute atomic E-state index is 5.31. The first-order valence-corrected chi connectivity index (χ1v) is 5.33. The first-order chi connectivity index (χ1) is 8.17. The molecular formula is C11H15N3O2S. The number of rotatable bonds is 5. The zero-order valence-corrected chi connectivity index (χ0v) is 10.6. The Hall–Kier alpha value is -1.66. The Morgan fingerprint density at radius 2 is 2.00 bits per heavy atom. The van der Waals surface area contributed by atoms with Gasteiger partial charge < -0.3 is 15.2 Å². The molecular weight excluding hydrogens is 238 g/mol. The van der Waals surface area contributed by atoms with E-state index in [-0.39, 0.29) is 5.11 Å². The number of nitrogens with zero attached hydrogens (tertiary/aromatic N) is 1. The lowest BCUT2D eigenvalue weighted by Gasteiger charge is -2.07. The highest BCUT2D eigenvalue weighted by atomic mass is 32.1. The molecule has 0 spiro atoms. The Kier molecular flexibility index (Phi) is 5.38. The summed E-state index contributed by atoms with van der Waals surface area (Å²) in [6.07, 6.45) is 0. The van der Waals surface area contributed by atoms with Crippen LogP contribution in [0.15, 0.2) is 29.4 Å². The van der Waals surface area contributed by atoms with Crippen molar-refractivity contribution in [3.05, 3.63) is 29.8 Å². The van der Waals surface area contributed by atoms with Crippen molar-refractivity contribution < 1.29 is 9.47 Å². The fraction of sp³-hybridized carbons (Fsp3) is 0.273. The highest BCUT2D eigenvalue weighted by Gasteiger charge is 2.04. The van der Waals surface area contributed by atoms with Crippen LogP contribution >= 0.6 is 12.2 Å². The van der Waals surface area contributed by atoms with Crippen LogP contribution < -0.4 is 15.9 Å². The van der Waals surface area contributed by atoms with Crippen LogP contribution in [0.4, 0.5) is 0 Å². The van der Waals surface area contributed by atoms with Crippen molar-refractivity contribution in [1.82, 2.24) is 5.43 Å². The van der Waals surface area contributed by atoms with E-state index in [0.717, 1.165) is 11.3 Å². The monoisotopic (exact) mass is 253 g/mol. The van der Waals surface area contributed by atoms with Crippen LogP contribution in [0.5, 0.6) is 5.75 Å². The fourth-order valence-electron chi connectivity index (χ4n) is 1.22. The van der Waals surface area contributed by atoms with Crippen molar-refractivity contribution in [2.24, 2.45) is 10.8 Å². The zero-order chi connectivity index (χ0) is 12.7.